The average Bonchev–Trinajstić information content (AvgIpc) is 2.41. The van der Waals surface area contributed by atoms with Gasteiger partial charge in [0.05, 0.1) is 17.4 Å². The lowest BCUT2D eigenvalue weighted by Gasteiger charge is -2.28. The highest BCUT2D eigenvalue weighted by Gasteiger charge is 2.14. The van der Waals surface area contributed by atoms with Crippen molar-refractivity contribution in [1.82, 2.24) is 0 Å². The third-order valence-corrected chi connectivity index (χ3v) is 3.47. The summed E-state index contributed by atoms with van der Waals surface area (Å²) in [6.07, 6.45) is 0. The molecule has 0 saturated carbocycles. The van der Waals surface area contributed by atoms with Crippen LogP contribution in [-0.4, -0.2) is 7.05 Å². The number of halogens is 1. The molecular formula is C15H17ClN2. The van der Waals surface area contributed by atoms with Crippen molar-refractivity contribution < 1.29 is 0 Å². The second-order valence-electron chi connectivity index (χ2n) is 4.40. The minimum absolute atomic E-state index is 0.243. The van der Waals surface area contributed by atoms with Crippen molar-refractivity contribution in [3.63, 3.8) is 0 Å². The van der Waals surface area contributed by atoms with Crippen LogP contribution in [0.1, 0.15) is 18.5 Å². The van der Waals surface area contributed by atoms with E-state index in [0.29, 0.717) is 5.02 Å². The SMILES string of the molecule is CC(c1ccccc1)N(C)c1cc(Cl)ccc1N. The molecule has 1 unspecified atom stereocenters. The lowest BCUT2D eigenvalue weighted by molar-refractivity contribution is 0.741. The monoisotopic (exact) mass is 260 g/mol. The van der Waals surface area contributed by atoms with Crippen LogP contribution >= 0.6 is 11.6 Å². The maximum atomic E-state index is 6.03. The van der Waals surface area contributed by atoms with Gasteiger partial charge in [-0.2, -0.15) is 0 Å². The molecule has 2 nitrogen and oxygen atoms in total. The fourth-order valence-electron chi connectivity index (χ4n) is 1.99. The summed E-state index contributed by atoms with van der Waals surface area (Å²) >= 11 is 6.03. The molecule has 2 aromatic rings. The number of nitrogens with zero attached hydrogens (tertiary/aromatic N) is 1. The Kier molecular flexibility index (Phi) is 3.78. The fraction of sp³-hybridized carbons (Fsp3) is 0.200. The number of hydrogen-bond donors (Lipinski definition) is 1. The number of rotatable bonds is 3. The van der Waals surface area contributed by atoms with Gasteiger partial charge in [-0.1, -0.05) is 41.9 Å². The number of nitrogen functional groups attached to an aromatic ring is 1. The summed E-state index contributed by atoms with van der Waals surface area (Å²) in [5.41, 5.74) is 8.95. The molecule has 18 heavy (non-hydrogen) atoms. The van der Waals surface area contributed by atoms with Gasteiger partial charge >= 0.3 is 0 Å². The van der Waals surface area contributed by atoms with E-state index in [4.69, 9.17) is 17.3 Å². The van der Waals surface area contributed by atoms with Crippen molar-refractivity contribution in [1.29, 1.82) is 0 Å². The molecule has 0 spiro atoms. The third-order valence-electron chi connectivity index (χ3n) is 3.24. The van der Waals surface area contributed by atoms with Crippen molar-refractivity contribution >= 4 is 23.0 Å². The van der Waals surface area contributed by atoms with Gasteiger partial charge in [-0.3, -0.25) is 0 Å². The summed E-state index contributed by atoms with van der Waals surface area (Å²) in [5, 5.41) is 0.700. The van der Waals surface area contributed by atoms with Gasteiger partial charge in [-0.15, -0.1) is 0 Å². The molecule has 0 heterocycles. The highest BCUT2D eigenvalue weighted by Crippen LogP contribution is 2.31. The Bertz CT molecular complexity index is 525. The Labute approximate surface area is 113 Å². The Hall–Kier alpha value is -1.67. The standard InChI is InChI=1S/C15H17ClN2/c1-11(12-6-4-3-5-7-12)18(2)15-10-13(16)8-9-14(15)17/h3-11H,17H2,1-2H3. The van der Waals surface area contributed by atoms with Crippen LogP contribution < -0.4 is 10.6 Å². The molecule has 3 heteroatoms. The van der Waals surface area contributed by atoms with Gasteiger partial charge in [-0.05, 0) is 30.7 Å². The van der Waals surface area contributed by atoms with Crippen LogP contribution in [-0.2, 0) is 0 Å². The zero-order chi connectivity index (χ0) is 13.1. The molecule has 0 fully saturated rings. The largest absolute Gasteiger partial charge is 0.397 e. The number of anilines is 2. The first-order valence-corrected chi connectivity index (χ1v) is 6.30. The minimum Gasteiger partial charge on any atom is -0.397 e. The van der Waals surface area contributed by atoms with Crippen molar-refractivity contribution in [2.24, 2.45) is 0 Å². The lowest BCUT2D eigenvalue weighted by atomic mass is 10.1. The van der Waals surface area contributed by atoms with Crippen molar-refractivity contribution in [2.45, 2.75) is 13.0 Å². The Morgan fingerprint density at radius 3 is 2.44 bits per heavy atom. The molecule has 0 bridgehead atoms. The van der Waals surface area contributed by atoms with E-state index in [1.807, 2.05) is 37.4 Å². The summed E-state index contributed by atoms with van der Waals surface area (Å²) in [6.45, 7) is 2.15. The van der Waals surface area contributed by atoms with Crippen molar-refractivity contribution in [2.75, 3.05) is 17.7 Å². The first-order valence-electron chi connectivity index (χ1n) is 5.92. The van der Waals surface area contributed by atoms with Crippen LogP contribution in [0.2, 0.25) is 5.02 Å². The first kappa shape index (κ1) is 12.8. The second-order valence-corrected chi connectivity index (χ2v) is 4.84. The summed E-state index contributed by atoms with van der Waals surface area (Å²) < 4.78 is 0. The second kappa shape index (κ2) is 5.32. The summed E-state index contributed by atoms with van der Waals surface area (Å²) in [7, 11) is 2.03. The maximum absolute atomic E-state index is 6.03. The predicted octanol–water partition coefficient (Wildman–Crippen LogP) is 4.12. The quantitative estimate of drug-likeness (QED) is 0.841. The fourth-order valence-corrected chi connectivity index (χ4v) is 2.15. The van der Waals surface area contributed by atoms with E-state index in [1.165, 1.54) is 5.56 Å². The van der Waals surface area contributed by atoms with Crippen molar-refractivity contribution in [3.05, 3.63) is 59.1 Å². The van der Waals surface area contributed by atoms with Gasteiger partial charge in [0, 0.05) is 12.1 Å². The highest BCUT2D eigenvalue weighted by atomic mass is 35.5. The van der Waals surface area contributed by atoms with Crippen molar-refractivity contribution in [3.8, 4) is 0 Å². The zero-order valence-electron chi connectivity index (χ0n) is 10.6. The topological polar surface area (TPSA) is 29.3 Å². The van der Waals surface area contributed by atoms with Crippen LogP contribution in [0, 0.1) is 0 Å². The molecule has 2 rings (SSSR count). The van der Waals surface area contributed by atoms with Crippen LogP contribution in [0.25, 0.3) is 0 Å². The molecule has 0 saturated heterocycles. The van der Waals surface area contributed by atoms with E-state index in [9.17, 15) is 0 Å². The molecule has 0 radical (unpaired) electrons. The van der Waals surface area contributed by atoms with Crippen LogP contribution in [0.5, 0.6) is 0 Å². The van der Waals surface area contributed by atoms with E-state index < -0.39 is 0 Å². The molecular weight excluding hydrogens is 244 g/mol. The Morgan fingerprint density at radius 2 is 1.78 bits per heavy atom. The number of nitrogens with two attached hydrogens (primary N) is 1. The van der Waals surface area contributed by atoms with Gasteiger partial charge < -0.3 is 10.6 Å². The minimum atomic E-state index is 0.243. The molecule has 0 aliphatic rings. The highest BCUT2D eigenvalue weighted by molar-refractivity contribution is 6.31. The number of hydrogen-bond acceptors (Lipinski definition) is 2. The lowest BCUT2D eigenvalue weighted by Crippen LogP contribution is -2.22. The van der Waals surface area contributed by atoms with Crippen LogP contribution in [0.3, 0.4) is 0 Å². The van der Waals surface area contributed by atoms with Crippen LogP contribution in [0.4, 0.5) is 11.4 Å². The van der Waals surface area contributed by atoms with Gasteiger partial charge in [-0.25, -0.2) is 0 Å². The zero-order valence-corrected chi connectivity index (χ0v) is 11.4. The van der Waals surface area contributed by atoms with E-state index in [-0.39, 0.29) is 6.04 Å². The Balaban J connectivity index is 2.31. The van der Waals surface area contributed by atoms with Gasteiger partial charge in [0.25, 0.3) is 0 Å². The third kappa shape index (κ3) is 2.59. The average molecular weight is 261 g/mol. The van der Waals surface area contributed by atoms with Gasteiger partial charge in [0.15, 0.2) is 0 Å². The summed E-state index contributed by atoms with van der Waals surface area (Å²) in [6, 6.07) is 16.1. The summed E-state index contributed by atoms with van der Waals surface area (Å²) in [4.78, 5) is 2.14. The molecule has 0 amide bonds. The van der Waals surface area contributed by atoms with Gasteiger partial charge in [0.2, 0.25) is 0 Å². The molecule has 0 aromatic heterocycles. The molecule has 0 aliphatic heterocycles. The normalized spacial score (nSPS) is 12.2. The first-order chi connectivity index (χ1) is 8.59. The molecule has 2 N–H and O–H groups in total. The van der Waals surface area contributed by atoms with E-state index in [0.717, 1.165) is 11.4 Å². The predicted molar refractivity (Wildman–Crippen MR) is 79.1 cm³/mol. The molecule has 1 atom stereocenters. The Morgan fingerprint density at radius 1 is 1.11 bits per heavy atom. The summed E-state index contributed by atoms with van der Waals surface area (Å²) in [5.74, 6) is 0. The smallest absolute Gasteiger partial charge is 0.0617 e. The van der Waals surface area contributed by atoms with E-state index in [2.05, 4.69) is 24.0 Å². The van der Waals surface area contributed by atoms with Crippen LogP contribution in [0.15, 0.2) is 48.5 Å². The van der Waals surface area contributed by atoms with Gasteiger partial charge in [0.1, 0.15) is 0 Å². The number of benzene rings is 2. The molecule has 2 aromatic carbocycles. The van der Waals surface area contributed by atoms with E-state index >= 15 is 0 Å². The molecule has 94 valence electrons. The maximum Gasteiger partial charge on any atom is 0.0617 e. The van der Waals surface area contributed by atoms with E-state index in [1.54, 1.807) is 6.07 Å². The molecule has 0 aliphatic carbocycles.